The first-order valence-electron chi connectivity index (χ1n) is 9.97. The fourth-order valence-electron chi connectivity index (χ4n) is 5.97. The van der Waals surface area contributed by atoms with E-state index in [4.69, 9.17) is 9.47 Å². The molecule has 6 rings (SSSR count). The van der Waals surface area contributed by atoms with Crippen molar-refractivity contribution in [3.8, 4) is 11.5 Å². The number of halogens is 1. The van der Waals surface area contributed by atoms with Crippen molar-refractivity contribution in [2.45, 2.75) is 43.1 Å². The topological polar surface area (TPSA) is 55.3 Å². The molecule has 28 heavy (non-hydrogen) atoms. The van der Waals surface area contributed by atoms with Gasteiger partial charge >= 0.3 is 0 Å². The van der Waals surface area contributed by atoms with E-state index >= 15 is 0 Å². The summed E-state index contributed by atoms with van der Waals surface area (Å²) in [4.78, 5) is 0. The minimum absolute atomic E-state index is 0. The van der Waals surface area contributed by atoms with E-state index in [1.807, 2.05) is 24.3 Å². The third kappa shape index (κ3) is 2.32. The first kappa shape index (κ1) is 18.0. The summed E-state index contributed by atoms with van der Waals surface area (Å²) in [5.41, 5.74) is 3.74. The molecule has 3 N–H and O–H groups in total. The monoisotopic (exact) mass is 397 g/mol. The highest BCUT2D eigenvalue weighted by atomic mass is 35.5. The van der Waals surface area contributed by atoms with E-state index in [-0.39, 0.29) is 23.9 Å². The number of benzene rings is 2. The van der Waals surface area contributed by atoms with Crippen LogP contribution in [0.2, 0.25) is 0 Å². The molecule has 1 spiro atoms. The second kappa shape index (κ2) is 6.51. The number of aliphatic hydroxyl groups excluding tert-OH is 1. The Labute approximate surface area is 171 Å². The van der Waals surface area contributed by atoms with Gasteiger partial charge in [0.2, 0.25) is 0 Å². The highest BCUT2D eigenvalue weighted by Gasteiger charge is 2.64. The average molecular weight is 398 g/mol. The molecule has 4 nitrogen and oxygen atoms in total. The van der Waals surface area contributed by atoms with Crippen molar-refractivity contribution in [3.05, 3.63) is 71.3 Å². The molecule has 2 aliphatic heterocycles. The van der Waals surface area contributed by atoms with Crippen molar-refractivity contribution >= 4 is 0 Å². The second-order valence-corrected chi connectivity index (χ2v) is 8.32. The van der Waals surface area contributed by atoms with Crippen molar-refractivity contribution < 1.29 is 32.3 Å². The Bertz CT molecular complexity index is 931. The lowest BCUT2D eigenvalue weighted by molar-refractivity contribution is -0.708. The van der Waals surface area contributed by atoms with E-state index in [0.717, 1.165) is 36.4 Å². The molecule has 146 valence electrons. The van der Waals surface area contributed by atoms with Crippen LogP contribution in [0.3, 0.4) is 0 Å². The van der Waals surface area contributed by atoms with E-state index in [9.17, 15) is 5.11 Å². The summed E-state index contributed by atoms with van der Waals surface area (Å²) < 4.78 is 12.7. The predicted molar refractivity (Wildman–Crippen MR) is 101 cm³/mol. The molecule has 2 bridgehead atoms. The van der Waals surface area contributed by atoms with E-state index in [2.05, 4.69) is 35.7 Å². The third-order valence-electron chi connectivity index (χ3n) is 7.03. The first-order valence-corrected chi connectivity index (χ1v) is 9.97. The lowest BCUT2D eigenvalue weighted by Crippen LogP contribution is -3.00. The minimum atomic E-state index is -0.555. The number of hydrogen-bond donors (Lipinski definition) is 2. The molecule has 0 radical (unpaired) electrons. The quantitative estimate of drug-likeness (QED) is 0.634. The van der Waals surface area contributed by atoms with Crippen LogP contribution in [-0.2, 0) is 18.4 Å². The molecule has 1 fully saturated rings. The van der Waals surface area contributed by atoms with Gasteiger partial charge < -0.3 is 32.3 Å². The molecular formula is C23H24ClNO3. The Balaban J connectivity index is 0.00000171. The van der Waals surface area contributed by atoms with Crippen LogP contribution in [0.15, 0.2) is 54.6 Å². The maximum atomic E-state index is 10.7. The lowest BCUT2D eigenvalue weighted by Gasteiger charge is -2.51. The smallest absolute Gasteiger partial charge is 0.166 e. The number of ether oxygens (including phenoxy) is 2. The van der Waals surface area contributed by atoms with Gasteiger partial charge in [0.15, 0.2) is 11.5 Å². The maximum absolute atomic E-state index is 10.7. The van der Waals surface area contributed by atoms with Crippen LogP contribution in [0, 0.1) is 5.92 Å². The van der Waals surface area contributed by atoms with Crippen LogP contribution in [0.25, 0.3) is 0 Å². The van der Waals surface area contributed by atoms with Crippen LogP contribution < -0.4 is 27.2 Å². The average Bonchev–Trinajstić information content (AvgIpc) is 3.04. The molecule has 1 saturated heterocycles. The van der Waals surface area contributed by atoms with E-state index in [0.29, 0.717) is 18.6 Å². The van der Waals surface area contributed by atoms with Crippen molar-refractivity contribution in [2.24, 2.45) is 5.92 Å². The second-order valence-electron chi connectivity index (χ2n) is 8.32. The van der Waals surface area contributed by atoms with Crippen LogP contribution in [0.1, 0.15) is 23.1 Å². The van der Waals surface area contributed by atoms with Gasteiger partial charge in [-0.25, -0.2) is 0 Å². The largest absolute Gasteiger partial charge is 1.00 e. The van der Waals surface area contributed by atoms with Crippen LogP contribution >= 0.6 is 0 Å². The summed E-state index contributed by atoms with van der Waals surface area (Å²) in [6, 6.07) is 15.0. The maximum Gasteiger partial charge on any atom is 0.166 e. The number of hydrogen-bond acceptors (Lipinski definition) is 3. The summed E-state index contributed by atoms with van der Waals surface area (Å²) >= 11 is 0. The molecule has 0 amide bonds. The van der Waals surface area contributed by atoms with E-state index in [1.54, 1.807) is 0 Å². The van der Waals surface area contributed by atoms with Crippen LogP contribution in [-0.4, -0.2) is 29.9 Å². The van der Waals surface area contributed by atoms with Crippen LogP contribution in [0.4, 0.5) is 0 Å². The molecule has 4 aliphatic rings. The normalized spacial score (nSPS) is 33.5. The standard InChI is InChI=1S/C23H23NO3.ClH/c25-18-8-7-16-17-12-15-6-9-19(26-13-14-4-2-1-3-5-14)21-20(15)23(16,10-11-24-17)22(18)27-21;/h1-9,16-18,22,24-25H,10-13H2;1H/t16?,17-,18+,22+,23+;/m1./s1. The van der Waals surface area contributed by atoms with Gasteiger partial charge in [-0.05, 0) is 17.2 Å². The van der Waals surface area contributed by atoms with Gasteiger partial charge in [-0.1, -0.05) is 48.6 Å². The Morgan fingerprint density at radius 1 is 1.14 bits per heavy atom. The lowest BCUT2D eigenvalue weighted by atomic mass is 9.54. The highest BCUT2D eigenvalue weighted by molar-refractivity contribution is 5.61. The van der Waals surface area contributed by atoms with E-state index in [1.165, 1.54) is 11.1 Å². The molecule has 0 aromatic heterocycles. The molecule has 2 heterocycles. The predicted octanol–water partition coefficient (Wildman–Crippen LogP) is -1.29. The van der Waals surface area contributed by atoms with Gasteiger partial charge in [0, 0.05) is 24.3 Å². The fourth-order valence-corrected chi connectivity index (χ4v) is 5.97. The fraction of sp³-hybridized carbons (Fsp3) is 0.391. The molecule has 1 unspecified atom stereocenters. The summed E-state index contributed by atoms with van der Waals surface area (Å²) in [5, 5.41) is 13.2. The summed E-state index contributed by atoms with van der Waals surface area (Å²) in [6.45, 7) is 1.61. The zero-order valence-electron chi connectivity index (χ0n) is 15.6. The highest BCUT2D eigenvalue weighted by Crippen LogP contribution is 2.60. The minimum Gasteiger partial charge on any atom is -1.00 e. The van der Waals surface area contributed by atoms with Gasteiger partial charge in [-0.2, -0.15) is 0 Å². The summed E-state index contributed by atoms with van der Waals surface area (Å²) in [6.07, 6.45) is 5.55. The molecule has 2 aromatic carbocycles. The van der Waals surface area contributed by atoms with Crippen LogP contribution in [0.5, 0.6) is 11.5 Å². The number of rotatable bonds is 3. The summed E-state index contributed by atoms with van der Waals surface area (Å²) in [5.74, 6) is 2.11. The zero-order chi connectivity index (χ0) is 18.0. The SMILES string of the molecule is O[C@H]1C=CC2[C@H]3Cc4ccc(OCc5ccccc5)c5c4[C@@]2(CC[NH2+]3)[C@H]1O5.[Cl-]. The van der Waals surface area contributed by atoms with Gasteiger partial charge in [-0.15, -0.1) is 0 Å². The Hall–Kier alpha value is -2.01. The number of nitrogens with two attached hydrogens (primary N) is 1. The van der Waals surface area contributed by atoms with E-state index < -0.39 is 6.10 Å². The molecule has 5 atom stereocenters. The Morgan fingerprint density at radius 2 is 2.00 bits per heavy atom. The Kier molecular flexibility index (Phi) is 4.20. The number of aliphatic hydroxyl groups is 1. The molecular weight excluding hydrogens is 374 g/mol. The number of piperidine rings is 1. The van der Waals surface area contributed by atoms with Gasteiger partial charge in [0.25, 0.3) is 0 Å². The summed E-state index contributed by atoms with van der Waals surface area (Å²) in [7, 11) is 0. The van der Waals surface area contributed by atoms with Crippen molar-refractivity contribution in [1.29, 1.82) is 0 Å². The van der Waals surface area contributed by atoms with Gasteiger partial charge in [-0.3, -0.25) is 0 Å². The van der Waals surface area contributed by atoms with Crippen molar-refractivity contribution in [3.63, 3.8) is 0 Å². The molecule has 2 aromatic rings. The zero-order valence-corrected chi connectivity index (χ0v) is 16.3. The number of quaternary nitrogens is 1. The molecule has 5 heteroatoms. The van der Waals surface area contributed by atoms with Crippen molar-refractivity contribution in [2.75, 3.05) is 6.54 Å². The van der Waals surface area contributed by atoms with Crippen molar-refractivity contribution in [1.82, 2.24) is 0 Å². The third-order valence-corrected chi connectivity index (χ3v) is 7.03. The first-order chi connectivity index (χ1) is 13.3. The van der Waals surface area contributed by atoms with Gasteiger partial charge in [0.05, 0.1) is 18.0 Å². The molecule has 2 aliphatic carbocycles. The Morgan fingerprint density at radius 3 is 2.86 bits per heavy atom. The van der Waals surface area contributed by atoms with Gasteiger partial charge in [0.1, 0.15) is 18.8 Å². The molecule has 0 saturated carbocycles.